The fraction of sp³-hybridized carbons (Fsp3) is 1.00. The molecule has 14 heavy (non-hydrogen) atoms. The fourth-order valence-electron chi connectivity index (χ4n) is 2.83. The summed E-state index contributed by atoms with van der Waals surface area (Å²) in [5.41, 5.74) is -0.355. The standard InChI is InChI=1S/C12H23NO/c1-10-3-5-12(14,6-4-10)9-13-7-11(2)8-13/h10-11,14H,3-9H2,1-2H3. The molecule has 2 fully saturated rings. The molecule has 0 radical (unpaired) electrons. The largest absolute Gasteiger partial charge is 0.389 e. The predicted octanol–water partition coefficient (Wildman–Crippen LogP) is 1.88. The highest BCUT2D eigenvalue weighted by molar-refractivity contribution is 4.90. The van der Waals surface area contributed by atoms with Crippen LogP contribution >= 0.6 is 0 Å². The number of rotatable bonds is 2. The van der Waals surface area contributed by atoms with Gasteiger partial charge in [0.15, 0.2) is 0 Å². The lowest BCUT2D eigenvalue weighted by Crippen LogP contribution is -2.53. The molecule has 0 spiro atoms. The summed E-state index contributed by atoms with van der Waals surface area (Å²) in [6, 6.07) is 0. The Morgan fingerprint density at radius 2 is 1.71 bits per heavy atom. The lowest BCUT2D eigenvalue weighted by molar-refractivity contribution is -0.0575. The normalized spacial score (nSPS) is 40.9. The van der Waals surface area contributed by atoms with Crippen molar-refractivity contribution in [3.8, 4) is 0 Å². The van der Waals surface area contributed by atoms with Gasteiger partial charge in [0.2, 0.25) is 0 Å². The van der Waals surface area contributed by atoms with Gasteiger partial charge in [0.05, 0.1) is 5.60 Å². The van der Waals surface area contributed by atoms with Crippen LogP contribution in [0.1, 0.15) is 39.5 Å². The molecule has 0 aromatic heterocycles. The Bertz CT molecular complexity index is 190. The molecule has 2 nitrogen and oxygen atoms in total. The van der Waals surface area contributed by atoms with Crippen LogP contribution in [0.2, 0.25) is 0 Å². The quantitative estimate of drug-likeness (QED) is 0.730. The summed E-state index contributed by atoms with van der Waals surface area (Å²) in [7, 11) is 0. The van der Waals surface area contributed by atoms with Crippen LogP contribution in [-0.4, -0.2) is 35.2 Å². The Kier molecular flexibility index (Phi) is 2.85. The lowest BCUT2D eigenvalue weighted by Gasteiger charge is -2.44. The SMILES string of the molecule is CC1CCC(O)(CN2CC(C)C2)CC1. The first-order valence-electron chi connectivity index (χ1n) is 6.02. The summed E-state index contributed by atoms with van der Waals surface area (Å²) >= 11 is 0. The first-order valence-corrected chi connectivity index (χ1v) is 6.02. The average Bonchev–Trinajstić information content (AvgIpc) is 2.08. The maximum atomic E-state index is 10.4. The third-order valence-electron chi connectivity index (χ3n) is 3.86. The summed E-state index contributed by atoms with van der Waals surface area (Å²) < 4.78 is 0. The Morgan fingerprint density at radius 1 is 1.14 bits per heavy atom. The first-order chi connectivity index (χ1) is 6.57. The molecule has 1 saturated heterocycles. The van der Waals surface area contributed by atoms with Crippen molar-refractivity contribution in [2.75, 3.05) is 19.6 Å². The van der Waals surface area contributed by atoms with Crippen molar-refractivity contribution < 1.29 is 5.11 Å². The van der Waals surface area contributed by atoms with Crippen LogP contribution < -0.4 is 0 Å². The maximum absolute atomic E-state index is 10.4. The van der Waals surface area contributed by atoms with Crippen LogP contribution in [0.5, 0.6) is 0 Å². The number of β-amino-alcohol motifs (C(OH)–C–C–N with tert-alkyl or cyclic N) is 1. The van der Waals surface area contributed by atoms with Gasteiger partial charge in [-0.1, -0.05) is 13.8 Å². The van der Waals surface area contributed by atoms with E-state index in [9.17, 15) is 5.11 Å². The summed E-state index contributed by atoms with van der Waals surface area (Å²) in [5.74, 6) is 1.67. The molecule has 0 bridgehead atoms. The van der Waals surface area contributed by atoms with E-state index in [0.29, 0.717) is 0 Å². The van der Waals surface area contributed by atoms with E-state index in [4.69, 9.17) is 0 Å². The second-order valence-electron chi connectivity index (χ2n) is 5.71. The molecule has 0 atom stereocenters. The van der Waals surface area contributed by atoms with Gasteiger partial charge >= 0.3 is 0 Å². The zero-order valence-corrected chi connectivity index (χ0v) is 9.50. The Morgan fingerprint density at radius 3 is 2.21 bits per heavy atom. The monoisotopic (exact) mass is 197 g/mol. The van der Waals surface area contributed by atoms with Gasteiger partial charge in [0.1, 0.15) is 0 Å². The predicted molar refractivity (Wildman–Crippen MR) is 58.2 cm³/mol. The molecule has 0 aromatic carbocycles. The Labute approximate surface area is 87.3 Å². The second-order valence-corrected chi connectivity index (χ2v) is 5.71. The van der Waals surface area contributed by atoms with E-state index in [1.807, 2.05) is 0 Å². The summed E-state index contributed by atoms with van der Waals surface area (Å²) in [4.78, 5) is 2.40. The van der Waals surface area contributed by atoms with Gasteiger partial charge in [-0.25, -0.2) is 0 Å². The van der Waals surface area contributed by atoms with Crippen LogP contribution in [0.15, 0.2) is 0 Å². The van der Waals surface area contributed by atoms with Crippen molar-refractivity contribution in [3.63, 3.8) is 0 Å². The first kappa shape index (κ1) is 10.4. The van der Waals surface area contributed by atoms with Gasteiger partial charge in [-0.3, -0.25) is 4.90 Å². The number of hydrogen-bond acceptors (Lipinski definition) is 2. The Balaban J connectivity index is 1.78. The summed E-state index contributed by atoms with van der Waals surface area (Å²) in [5, 5.41) is 10.4. The average molecular weight is 197 g/mol. The minimum Gasteiger partial charge on any atom is -0.389 e. The fourth-order valence-corrected chi connectivity index (χ4v) is 2.83. The molecular weight excluding hydrogens is 174 g/mol. The van der Waals surface area contributed by atoms with E-state index in [-0.39, 0.29) is 5.60 Å². The van der Waals surface area contributed by atoms with E-state index in [1.54, 1.807) is 0 Å². The van der Waals surface area contributed by atoms with Crippen molar-refractivity contribution in [2.45, 2.75) is 45.1 Å². The minimum absolute atomic E-state index is 0.355. The van der Waals surface area contributed by atoms with Gasteiger partial charge in [0.25, 0.3) is 0 Å². The summed E-state index contributed by atoms with van der Waals surface area (Å²) in [6.45, 7) is 7.88. The molecule has 2 rings (SSSR count). The van der Waals surface area contributed by atoms with E-state index in [1.165, 1.54) is 25.9 Å². The van der Waals surface area contributed by atoms with Crippen molar-refractivity contribution in [1.82, 2.24) is 4.90 Å². The van der Waals surface area contributed by atoms with Gasteiger partial charge in [-0.2, -0.15) is 0 Å². The number of likely N-dealkylation sites (tertiary alicyclic amines) is 1. The highest BCUT2D eigenvalue weighted by atomic mass is 16.3. The molecule has 1 saturated carbocycles. The van der Waals surface area contributed by atoms with Crippen molar-refractivity contribution in [2.24, 2.45) is 11.8 Å². The van der Waals surface area contributed by atoms with E-state index in [2.05, 4.69) is 18.7 Å². The molecule has 0 aromatic rings. The van der Waals surface area contributed by atoms with Crippen LogP contribution in [0.25, 0.3) is 0 Å². The van der Waals surface area contributed by atoms with E-state index in [0.717, 1.165) is 31.2 Å². The number of hydrogen-bond donors (Lipinski definition) is 1. The van der Waals surface area contributed by atoms with Crippen LogP contribution in [0.4, 0.5) is 0 Å². The molecule has 82 valence electrons. The number of nitrogens with zero attached hydrogens (tertiary/aromatic N) is 1. The van der Waals surface area contributed by atoms with Gasteiger partial charge in [0, 0.05) is 19.6 Å². The van der Waals surface area contributed by atoms with Gasteiger partial charge in [-0.05, 0) is 37.5 Å². The third-order valence-corrected chi connectivity index (χ3v) is 3.86. The summed E-state index contributed by atoms with van der Waals surface area (Å²) in [6.07, 6.45) is 4.44. The Hall–Kier alpha value is -0.0800. The van der Waals surface area contributed by atoms with Crippen LogP contribution in [0, 0.1) is 11.8 Å². The molecule has 1 aliphatic heterocycles. The van der Waals surface area contributed by atoms with E-state index >= 15 is 0 Å². The number of aliphatic hydroxyl groups is 1. The molecule has 1 aliphatic carbocycles. The molecule has 1 N–H and O–H groups in total. The van der Waals surface area contributed by atoms with Gasteiger partial charge in [-0.15, -0.1) is 0 Å². The molecule has 2 aliphatic rings. The zero-order valence-electron chi connectivity index (χ0n) is 9.50. The molecule has 0 amide bonds. The topological polar surface area (TPSA) is 23.5 Å². The van der Waals surface area contributed by atoms with Crippen LogP contribution in [-0.2, 0) is 0 Å². The highest BCUT2D eigenvalue weighted by Gasteiger charge is 2.36. The van der Waals surface area contributed by atoms with E-state index < -0.39 is 0 Å². The minimum atomic E-state index is -0.355. The van der Waals surface area contributed by atoms with Crippen molar-refractivity contribution >= 4 is 0 Å². The zero-order chi connectivity index (χ0) is 10.2. The van der Waals surface area contributed by atoms with Crippen LogP contribution in [0.3, 0.4) is 0 Å². The third kappa shape index (κ3) is 2.29. The maximum Gasteiger partial charge on any atom is 0.0774 e. The highest BCUT2D eigenvalue weighted by Crippen LogP contribution is 2.33. The molecule has 2 heteroatoms. The second kappa shape index (κ2) is 3.82. The van der Waals surface area contributed by atoms with Crippen molar-refractivity contribution in [3.05, 3.63) is 0 Å². The van der Waals surface area contributed by atoms with Gasteiger partial charge < -0.3 is 5.11 Å². The molecule has 1 heterocycles. The van der Waals surface area contributed by atoms with Crippen molar-refractivity contribution in [1.29, 1.82) is 0 Å². The molecular formula is C12H23NO. The molecule has 0 unspecified atom stereocenters. The lowest BCUT2D eigenvalue weighted by atomic mass is 9.78. The smallest absolute Gasteiger partial charge is 0.0774 e.